The van der Waals surface area contributed by atoms with E-state index in [9.17, 15) is 0 Å². The van der Waals surface area contributed by atoms with Crippen LogP contribution in [0.3, 0.4) is 0 Å². The molecule has 16 heavy (non-hydrogen) atoms. The number of nitrogens with two attached hydrogens (primary N) is 1. The Morgan fingerprint density at radius 3 is 2.62 bits per heavy atom. The number of ether oxygens (including phenoxy) is 1. The predicted octanol–water partition coefficient (Wildman–Crippen LogP) is 2.05. The van der Waals surface area contributed by atoms with Crippen molar-refractivity contribution < 1.29 is 4.74 Å². The largest absolute Gasteiger partial charge is 0.493 e. The minimum atomic E-state index is 0.505. The van der Waals surface area contributed by atoms with Crippen molar-refractivity contribution in [1.29, 1.82) is 0 Å². The Morgan fingerprint density at radius 1 is 1.25 bits per heavy atom. The maximum absolute atomic E-state index is 5.57. The van der Waals surface area contributed by atoms with Gasteiger partial charge in [0.2, 0.25) is 5.13 Å². The molecule has 0 aliphatic heterocycles. The zero-order chi connectivity index (χ0) is 11.4. The highest BCUT2D eigenvalue weighted by atomic mass is 32.1. The van der Waals surface area contributed by atoms with Crippen molar-refractivity contribution >= 4 is 16.5 Å². The Bertz CT molecular complexity index is 453. The minimum absolute atomic E-state index is 0.505. The van der Waals surface area contributed by atoms with E-state index < -0.39 is 0 Å². The average Bonchev–Trinajstić information content (AvgIpc) is 2.67. The van der Waals surface area contributed by atoms with Gasteiger partial charge < -0.3 is 10.5 Å². The third-order valence-corrected chi connectivity index (χ3v) is 2.90. The molecule has 2 rings (SSSR count). The Balaban J connectivity index is 1.82. The molecule has 1 aromatic carbocycles. The lowest BCUT2D eigenvalue weighted by molar-refractivity contribution is 0.321. The molecule has 2 N–H and O–H groups in total. The summed E-state index contributed by atoms with van der Waals surface area (Å²) in [5.41, 5.74) is 6.71. The fourth-order valence-corrected chi connectivity index (χ4v) is 1.85. The number of rotatable bonds is 4. The Kier molecular flexibility index (Phi) is 3.36. The molecule has 1 heterocycles. The van der Waals surface area contributed by atoms with Gasteiger partial charge in [-0.1, -0.05) is 29.0 Å². The van der Waals surface area contributed by atoms with Crippen molar-refractivity contribution in [2.24, 2.45) is 0 Å². The van der Waals surface area contributed by atoms with Crippen LogP contribution in [0, 0.1) is 6.92 Å². The first-order valence-corrected chi connectivity index (χ1v) is 5.83. The molecule has 0 spiro atoms. The van der Waals surface area contributed by atoms with Crippen molar-refractivity contribution in [3.8, 4) is 5.75 Å². The van der Waals surface area contributed by atoms with Gasteiger partial charge in [0, 0.05) is 6.42 Å². The van der Waals surface area contributed by atoms with Crippen molar-refractivity contribution in [1.82, 2.24) is 10.2 Å². The van der Waals surface area contributed by atoms with Gasteiger partial charge in [-0.25, -0.2) is 0 Å². The number of nitrogens with zero attached hydrogens (tertiary/aromatic N) is 2. The summed E-state index contributed by atoms with van der Waals surface area (Å²) in [6.45, 7) is 2.64. The number of nitrogen functional groups attached to an aromatic ring is 1. The second-order valence-corrected chi connectivity index (χ2v) is 4.54. The standard InChI is InChI=1S/C11H13N3OS/c1-8-2-4-9(5-3-8)15-7-6-10-13-14-11(12)16-10/h2-5H,6-7H2,1H3,(H2,12,14). The summed E-state index contributed by atoms with van der Waals surface area (Å²) in [5, 5.41) is 9.08. The summed E-state index contributed by atoms with van der Waals surface area (Å²) in [4.78, 5) is 0. The van der Waals surface area contributed by atoms with Crippen LogP contribution in [-0.2, 0) is 6.42 Å². The van der Waals surface area contributed by atoms with Gasteiger partial charge in [-0.2, -0.15) is 0 Å². The van der Waals surface area contributed by atoms with E-state index in [1.165, 1.54) is 16.9 Å². The average molecular weight is 235 g/mol. The van der Waals surface area contributed by atoms with Gasteiger partial charge in [-0.15, -0.1) is 10.2 Å². The minimum Gasteiger partial charge on any atom is -0.493 e. The zero-order valence-corrected chi connectivity index (χ0v) is 9.83. The van der Waals surface area contributed by atoms with Crippen molar-refractivity contribution in [3.63, 3.8) is 0 Å². The summed E-state index contributed by atoms with van der Waals surface area (Å²) in [5.74, 6) is 0.878. The van der Waals surface area contributed by atoms with Crippen LogP contribution in [0.2, 0.25) is 0 Å². The molecule has 0 radical (unpaired) electrons. The third-order valence-electron chi connectivity index (χ3n) is 2.09. The molecule has 0 fully saturated rings. The Labute approximate surface area is 98.1 Å². The van der Waals surface area contributed by atoms with Gasteiger partial charge in [-0.3, -0.25) is 0 Å². The lowest BCUT2D eigenvalue weighted by atomic mass is 10.2. The van der Waals surface area contributed by atoms with E-state index in [1.807, 2.05) is 31.2 Å². The van der Waals surface area contributed by atoms with Crippen molar-refractivity contribution in [2.75, 3.05) is 12.3 Å². The van der Waals surface area contributed by atoms with E-state index in [0.717, 1.165) is 17.2 Å². The number of hydrogen-bond acceptors (Lipinski definition) is 5. The number of benzene rings is 1. The molecule has 4 nitrogen and oxygen atoms in total. The smallest absolute Gasteiger partial charge is 0.203 e. The van der Waals surface area contributed by atoms with Gasteiger partial charge >= 0.3 is 0 Å². The molecule has 2 aromatic rings. The fraction of sp³-hybridized carbons (Fsp3) is 0.273. The SMILES string of the molecule is Cc1ccc(OCCc2nnc(N)s2)cc1. The summed E-state index contributed by atoms with van der Waals surface area (Å²) in [7, 11) is 0. The molecule has 1 aromatic heterocycles. The van der Waals surface area contributed by atoms with Crippen LogP contribution in [0.15, 0.2) is 24.3 Å². The summed E-state index contributed by atoms with van der Waals surface area (Å²) >= 11 is 1.40. The molecule has 0 aliphatic rings. The molecule has 5 heteroatoms. The molecule has 0 saturated carbocycles. The highest BCUT2D eigenvalue weighted by Crippen LogP contribution is 2.14. The lowest BCUT2D eigenvalue weighted by Crippen LogP contribution is -2.00. The molecule has 0 saturated heterocycles. The molecular weight excluding hydrogens is 222 g/mol. The maximum atomic E-state index is 5.57. The van der Waals surface area contributed by atoms with Crippen molar-refractivity contribution in [2.45, 2.75) is 13.3 Å². The van der Waals surface area contributed by atoms with Crippen LogP contribution < -0.4 is 10.5 Å². The van der Waals surface area contributed by atoms with E-state index >= 15 is 0 Å². The second kappa shape index (κ2) is 4.94. The maximum Gasteiger partial charge on any atom is 0.203 e. The normalized spacial score (nSPS) is 10.3. The number of aromatic nitrogens is 2. The molecule has 0 bridgehead atoms. The molecule has 0 aliphatic carbocycles. The lowest BCUT2D eigenvalue weighted by Gasteiger charge is -2.04. The first-order chi connectivity index (χ1) is 7.74. The summed E-state index contributed by atoms with van der Waals surface area (Å²) in [6.07, 6.45) is 0.739. The van der Waals surface area contributed by atoms with Crippen LogP contribution >= 0.6 is 11.3 Å². The molecule has 0 atom stereocenters. The van der Waals surface area contributed by atoms with Crippen molar-refractivity contribution in [3.05, 3.63) is 34.8 Å². The number of anilines is 1. The quantitative estimate of drug-likeness (QED) is 0.881. The zero-order valence-electron chi connectivity index (χ0n) is 9.01. The van der Waals surface area contributed by atoms with Crippen LogP contribution in [0.5, 0.6) is 5.75 Å². The van der Waals surface area contributed by atoms with Crippen LogP contribution in [0.25, 0.3) is 0 Å². The molecule has 0 unspecified atom stereocenters. The van der Waals surface area contributed by atoms with Crippen LogP contribution in [-0.4, -0.2) is 16.8 Å². The van der Waals surface area contributed by atoms with Gasteiger partial charge in [-0.05, 0) is 19.1 Å². The Hall–Kier alpha value is -1.62. The van der Waals surface area contributed by atoms with Gasteiger partial charge in [0.25, 0.3) is 0 Å². The van der Waals surface area contributed by atoms with Crippen LogP contribution in [0.4, 0.5) is 5.13 Å². The van der Waals surface area contributed by atoms with Gasteiger partial charge in [0.15, 0.2) is 0 Å². The Morgan fingerprint density at radius 2 is 2.00 bits per heavy atom. The van der Waals surface area contributed by atoms with Gasteiger partial charge in [0.05, 0.1) is 6.61 Å². The van der Waals surface area contributed by atoms with E-state index in [1.54, 1.807) is 0 Å². The summed E-state index contributed by atoms with van der Waals surface area (Å²) < 4.78 is 5.57. The second-order valence-electron chi connectivity index (χ2n) is 3.45. The highest BCUT2D eigenvalue weighted by Gasteiger charge is 2.01. The first-order valence-electron chi connectivity index (χ1n) is 5.01. The van der Waals surface area contributed by atoms with E-state index in [4.69, 9.17) is 10.5 Å². The predicted molar refractivity (Wildman–Crippen MR) is 64.7 cm³/mol. The topological polar surface area (TPSA) is 61.0 Å². The third kappa shape index (κ3) is 2.93. The number of aryl methyl sites for hydroxylation is 1. The van der Waals surface area contributed by atoms with E-state index in [-0.39, 0.29) is 0 Å². The van der Waals surface area contributed by atoms with Crippen LogP contribution in [0.1, 0.15) is 10.6 Å². The van der Waals surface area contributed by atoms with E-state index in [0.29, 0.717) is 11.7 Å². The monoisotopic (exact) mass is 235 g/mol. The van der Waals surface area contributed by atoms with E-state index in [2.05, 4.69) is 10.2 Å². The summed E-state index contributed by atoms with van der Waals surface area (Å²) in [6, 6.07) is 7.98. The first kappa shape index (κ1) is 10.9. The highest BCUT2D eigenvalue weighted by molar-refractivity contribution is 7.15. The van der Waals surface area contributed by atoms with Gasteiger partial charge in [0.1, 0.15) is 10.8 Å². The number of hydrogen-bond donors (Lipinski definition) is 1. The fourth-order valence-electron chi connectivity index (χ4n) is 1.26. The molecule has 0 amide bonds. The molecular formula is C11H13N3OS. The molecule has 84 valence electrons.